The molecule has 0 saturated carbocycles. The maximum atomic E-state index is 4.66. The molecule has 2 aliphatic rings. The summed E-state index contributed by atoms with van der Waals surface area (Å²) in [5, 5.41) is 1.36. The summed E-state index contributed by atoms with van der Waals surface area (Å²) in [6, 6.07) is 0.659. The molecule has 2 aromatic rings. The van der Waals surface area contributed by atoms with Gasteiger partial charge in [0.2, 0.25) is 0 Å². The monoisotopic (exact) mass is 302 g/mol. The molecule has 1 fully saturated rings. The number of rotatable bonds is 3. The van der Waals surface area contributed by atoms with Gasteiger partial charge in [-0.15, -0.1) is 11.3 Å². The molecule has 1 unspecified atom stereocenters. The Labute approximate surface area is 129 Å². The highest BCUT2D eigenvalue weighted by Crippen LogP contribution is 2.40. The van der Waals surface area contributed by atoms with Crippen LogP contribution >= 0.6 is 11.3 Å². The molecule has 0 spiro atoms. The van der Waals surface area contributed by atoms with Crippen molar-refractivity contribution in [2.45, 2.75) is 38.6 Å². The van der Waals surface area contributed by atoms with Crippen LogP contribution in [0.5, 0.6) is 0 Å². The minimum Gasteiger partial charge on any atom is -0.354 e. The molecule has 0 bridgehead atoms. The van der Waals surface area contributed by atoms with Crippen LogP contribution in [0.25, 0.3) is 10.2 Å². The molecule has 4 rings (SSSR count). The van der Waals surface area contributed by atoms with Crippen molar-refractivity contribution >= 4 is 27.4 Å². The molecule has 1 saturated heterocycles. The van der Waals surface area contributed by atoms with Crippen LogP contribution in [-0.2, 0) is 12.8 Å². The van der Waals surface area contributed by atoms with E-state index in [9.17, 15) is 0 Å². The van der Waals surface area contributed by atoms with Crippen LogP contribution in [-0.4, -0.2) is 47.6 Å². The first-order valence-electron chi connectivity index (χ1n) is 7.98. The molecule has 0 radical (unpaired) electrons. The van der Waals surface area contributed by atoms with Crippen molar-refractivity contribution in [2.24, 2.45) is 0 Å². The molecular formula is C16H22N4S. The molecule has 0 amide bonds. The van der Waals surface area contributed by atoms with Crippen molar-refractivity contribution in [3.63, 3.8) is 0 Å². The van der Waals surface area contributed by atoms with Gasteiger partial charge >= 0.3 is 0 Å². The van der Waals surface area contributed by atoms with Crippen molar-refractivity contribution < 1.29 is 0 Å². The smallest absolute Gasteiger partial charge is 0.141 e. The largest absolute Gasteiger partial charge is 0.354 e. The van der Waals surface area contributed by atoms with E-state index in [1.165, 1.54) is 47.3 Å². The summed E-state index contributed by atoms with van der Waals surface area (Å²) in [7, 11) is 2.23. The van der Waals surface area contributed by atoms with Gasteiger partial charge in [-0.25, -0.2) is 9.97 Å². The Morgan fingerprint density at radius 2 is 2.29 bits per heavy atom. The summed E-state index contributed by atoms with van der Waals surface area (Å²) in [5.41, 5.74) is 1.54. The first kappa shape index (κ1) is 13.5. The summed E-state index contributed by atoms with van der Waals surface area (Å²) < 4.78 is 0. The van der Waals surface area contributed by atoms with E-state index < -0.39 is 0 Å². The van der Waals surface area contributed by atoms with Crippen LogP contribution in [0.2, 0.25) is 0 Å². The van der Waals surface area contributed by atoms with Crippen LogP contribution < -0.4 is 4.90 Å². The SMILES string of the molecule is CCN(C)C1CCN(c2ncnc3sc4c(c23)CCC4)C1. The maximum Gasteiger partial charge on any atom is 0.141 e. The van der Waals surface area contributed by atoms with E-state index in [1.807, 2.05) is 11.3 Å². The molecular weight excluding hydrogens is 280 g/mol. The fourth-order valence-electron chi connectivity index (χ4n) is 3.70. The average molecular weight is 302 g/mol. The Morgan fingerprint density at radius 1 is 1.38 bits per heavy atom. The number of hydrogen-bond acceptors (Lipinski definition) is 5. The molecule has 112 valence electrons. The lowest BCUT2D eigenvalue weighted by atomic mass is 10.2. The van der Waals surface area contributed by atoms with E-state index in [0.717, 1.165) is 19.6 Å². The Kier molecular flexibility index (Phi) is 3.34. The number of hydrogen-bond donors (Lipinski definition) is 0. The summed E-state index contributed by atoms with van der Waals surface area (Å²) >= 11 is 1.88. The van der Waals surface area contributed by atoms with E-state index in [2.05, 4.69) is 33.7 Å². The van der Waals surface area contributed by atoms with Crippen LogP contribution in [0.1, 0.15) is 30.2 Å². The number of fused-ring (bicyclic) bond motifs is 3. The molecule has 1 atom stereocenters. The van der Waals surface area contributed by atoms with Crippen molar-refractivity contribution in [3.8, 4) is 0 Å². The lowest BCUT2D eigenvalue weighted by Crippen LogP contribution is -2.34. The first-order valence-corrected chi connectivity index (χ1v) is 8.80. The van der Waals surface area contributed by atoms with E-state index in [1.54, 1.807) is 11.2 Å². The second kappa shape index (κ2) is 5.21. The lowest BCUT2D eigenvalue weighted by molar-refractivity contribution is 0.272. The van der Waals surface area contributed by atoms with E-state index in [4.69, 9.17) is 0 Å². The van der Waals surface area contributed by atoms with Gasteiger partial charge < -0.3 is 9.80 Å². The Hall–Kier alpha value is -1.20. The number of likely N-dealkylation sites (N-methyl/N-ethyl adjacent to an activating group) is 1. The number of anilines is 1. The molecule has 3 heterocycles. The van der Waals surface area contributed by atoms with Gasteiger partial charge in [-0.3, -0.25) is 0 Å². The van der Waals surface area contributed by atoms with Crippen molar-refractivity contribution in [3.05, 3.63) is 16.8 Å². The quantitative estimate of drug-likeness (QED) is 0.872. The normalized spacial score (nSPS) is 21.7. The summed E-state index contributed by atoms with van der Waals surface area (Å²) in [6.07, 6.45) is 6.73. The zero-order valence-corrected chi connectivity index (χ0v) is 13.6. The van der Waals surface area contributed by atoms with Crippen LogP contribution in [0.4, 0.5) is 5.82 Å². The highest BCUT2D eigenvalue weighted by molar-refractivity contribution is 7.19. The van der Waals surface area contributed by atoms with Crippen molar-refractivity contribution in [1.29, 1.82) is 0 Å². The predicted octanol–water partition coefficient (Wildman–Crippen LogP) is 2.71. The molecule has 0 N–H and O–H groups in total. The molecule has 21 heavy (non-hydrogen) atoms. The maximum absolute atomic E-state index is 4.66. The number of aryl methyl sites for hydroxylation is 2. The standard InChI is InChI=1S/C16H22N4S/c1-3-19(2)11-7-8-20(9-11)15-14-12-5-4-6-13(12)21-16(14)18-10-17-15/h10-11H,3-9H2,1-2H3. The predicted molar refractivity (Wildman–Crippen MR) is 88.4 cm³/mol. The Morgan fingerprint density at radius 3 is 3.14 bits per heavy atom. The molecule has 1 aliphatic heterocycles. The lowest BCUT2D eigenvalue weighted by Gasteiger charge is -2.23. The van der Waals surface area contributed by atoms with Gasteiger partial charge in [-0.05, 0) is 44.8 Å². The van der Waals surface area contributed by atoms with Crippen LogP contribution in [0.15, 0.2) is 6.33 Å². The van der Waals surface area contributed by atoms with Crippen molar-refractivity contribution in [2.75, 3.05) is 31.6 Å². The molecule has 1 aliphatic carbocycles. The van der Waals surface area contributed by atoms with E-state index in [0.29, 0.717) is 6.04 Å². The average Bonchev–Trinajstić information content (AvgIpc) is 3.20. The van der Waals surface area contributed by atoms with Crippen LogP contribution in [0.3, 0.4) is 0 Å². The molecule has 2 aromatic heterocycles. The zero-order valence-electron chi connectivity index (χ0n) is 12.8. The second-order valence-corrected chi connectivity index (χ2v) is 7.28. The van der Waals surface area contributed by atoms with Gasteiger partial charge in [0.1, 0.15) is 17.0 Å². The number of thiophene rings is 1. The van der Waals surface area contributed by atoms with Gasteiger partial charge in [0.25, 0.3) is 0 Å². The second-order valence-electron chi connectivity index (χ2n) is 6.20. The van der Waals surface area contributed by atoms with Crippen LogP contribution in [0, 0.1) is 0 Å². The summed E-state index contributed by atoms with van der Waals surface area (Å²) in [6.45, 7) is 5.57. The Balaban J connectivity index is 1.71. The molecule has 0 aromatic carbocycles. The highest BCUT2D eigenvalue weighted by Gasteiger charge is 2.29. The third-order valence-corrected chi connectivity index (χ3v) is 6.27. The number of aromatic nitrogens is 2. The molecule has 5 heteroatoms. The first-order chi connectivity index (χ1) is 10.3. The van der Waals surface area contributed by atoms with Gasteiger partial charge in [0.15, 0.2) is 0 Å². The fourth-order valence-corrected chi connectivity index (χ4v) is 4.93. The van der Waals surface area contributed by atoms with Gasteiger partial charge in [-0.1, -0.05) is 6.92 Å². The zero-order chi connectivity index (χ0) is 14.4. The minimum atomic E-state index is 0.659. The Bertz CT molecular complexity index is 666. The third kappa shape index (κ3) is 2.14. The third-order valence-electron chi connectivity index (χ3n) is 5.07. The van der Waals surface area contributed by atoms with E-state index in [-0.39, 0.29) is 0 Å². The summed E-state index contributed by atoms with van der Waals surface area (Å²) in [5.74, 6) is 1.19. The van der Waals surface area contributed by atoms with Gasteiger partial charge in [-0.2, -0.15) is 0 Å². The summed E-state index contributed by atoms with van der Waals surface area (Å²) in [4.78, 5) is 16.9. The van der Waals surface area contributed by atoms with Gasteiger partial charge in [0.05, 0.1) is 5.39 Å². The minimum absolute atomic E-state index is 0.659. The van der Waals surface area contributed by atoms with Crippen molar-refractivity contribution in [1.82, 2.24) is 14.9 Å². The van der Waals surface area contributed by atoms with Gasteiger partial charge in [0, 0.05) is 24.0 Å². The fraction of sp³-hybridized carbons (Fsp3) is 0.625. The molecule has 4 nitrogen and oxygen atoms in total. The topological polar surface area (TPSA) is 32.3 Å². The number of nitrogens with zero attached hydrogens (tertiary/aromatic N) is 4. The highest BCUT2D eigenvalue weighted by atomic mass is 32.1. The van der Waals surface area contributed by atoms with E-state index >= 15 is 0 Å².